The number of allylic oxidation sites excluding steroid dienone is 1. The standard InChI is InChI=1S/C21H32N4O/c1-6-12-26-21(5)14-19(18(22)13-20(21)23)24-16-8-10-17(11-9-16)25(7-2)15(3)4/h8-11,13,15,23H,6-7,12,14,22H2,1-5H3/b23-20?,24-19-. The molecule has 0 radical (unpaired) electrons. The average Bonchev–Trinajstić information content (AvgIpc) is 2.60. The van der Waals surface area contributed by atoms with E-state index in [0.717, 1.165) is 24.4 Å². The molecule has 0 saturated heterocycles. The minimum atomic E-state index is -0.658. The molecule has 2 rings (SSSR count). The van der Waals surface area contributed by atoms with E-state index in [0.29, 0.717) is 30.5 Å². The minimum absolute atomic E-state index is 0.410. The second kappa shape index (κ2) is 8.49. The number of anilines is 1. The normalized spacial score (nSPS) is 22.0. The van der Waals surface area contributed by atoms with Crippen LogP contribution in [0.3, 0.4) is 0 Å². The highest BCUT2D eigenvalue weighted by Crippen LogP contribution is 2.28. The maximum absolute atomic E-state index is 8.22. The van der Waals surface area contributed by atoms with E-state index in [1.54, 1.807) is 6.08 Å². The first-order valence-corrected chi connectivity index (χ1v) is 9.45. The fraction of sp³-hybridized carbons (Fsp3) is 0.524. The van der Waals surface area contributed by atoms with Gasteiger partial charge in [-0.1, -0.05) is 6.92 Å². The van der Waals surface area contributed by atoms with Crippen LogP contribution >= 0.6 is 0 Å². The molecule has 1 aromatic carbocycles. The lowest BCUT2D eigenvalue weighted by Gasteiger charge is -2.33. The monoisotopic (exact) mass is 356 g/mol. The van der Waals surface area contributed by atoms with Gasteiger partial charge in [0.15, 0.2) is 0 Å². The lowest BCUT2D eigenvalue weighted by atomic mass is 9.86. The van der Waals surface area contributed by atoms with Crippen molar-refractivity contribution in [2.45, 2.75) is 59.1 Å². The van der Waals surface area contributed by atoms with Crippen LogP contribution in [-0.2, 0) is 4.74 Å². The lowest BCUT2D eigenvalue weighted by molar-refractivity contribution is 0.0261. The van der Waals surface area contributed by atoms with Crippen molar-refractivity contribution >= 4 is 22.8 Å². The maximum Gasteiger partial charge on any atom is 0.112 e. The molecule has 1 aromatic rings. The summed E-state index contributed by atoms with van der Waals surface area (Å²) in [6.07, 6.45) is 3.10. The van der Waals surface area contributed by atoms with Gasteiger partial charge >= 0.3 is 0 Å². The first kappa shape index (κ1) is 20.2. The second-order valence-corrected chi connectivity index (χ2v) is 7.22. The SMILES string of the molecule is CCCOC1(C)C/C(=N/c2ccc(N(CC)C(C)C)cc2)C(N)=CC1=N. The fourth-order valence-corrected chi connectivity index (χ4v) is 3.19. The van der Waals surface area contributed by atoms with E-state index in [9.17, 15) is 0 Å². The molecule has 26 heavy (non-hydrogen) atoms. The Balaban J connectivity index is 2.25. The fourth-order valence-electron chi connectivity index (χ4n) is 3.19. The van der Waals surface area contributed by atoms with Gasteiger partial charge in [-0.25, -0.2) is 0 Å². The second-order valence-electron chi connectivity index (χ2n) is 7.22. The van der Waals surface area contributed by atoms with Crippen LogP contribution in [0.4, 0.5) is 11.4 Å². The summed E-state index contributed by atoms with van der Waals surface area (Å²) < 4.78 is 5.93. The molecule has 5 nitrogen and oxygen atoms in total. The van der Waals surface area contributed by atoms with Crippen molar-refractivity contribution < 1.29 is 4.74 Å². The number of nitrogens with two attached hydrogens (primary N) is 1. The molecule has 0 saturated carbocycles. The van der Waals surface area contributed by atoms with Crippen molar-refractivity contribution in [3.63, 3.8) is 0 Å². The summed E-state index contributed by atoms with van der Waals surface area (Å²) in [5.41, 5.74) is 9.27. The Kier molecular flexibility index (Phi) is 6.59. The third-order valence-electron chi connectivity index (χ3n) is 4.74. The number of ether oxygens (including phenoxy) is 1. The molecular weight excluding hydrogens is 324 g/mol. The highest BCUT2D eigenvalue weighted by molar-refractivity contribution is 6.15. The summed E-state index contributed by atoms with van der Waals surface area (Å²) in [5, 5.41) is 8.22. The Hall–Kier alpha value is -2.14. The summed E-state index contributed by atoms with van der Waals surface area (Å²) in [6, 6.07) is 8.69. The Bertz CT molecular complexity index is 690. The molecule has 0 aromatic heterocycles. The van der Waals surface area contributed by atoms with Crippen molar-refractivity contribution in [2.24, 2.45) is 10.7 Å². The van der Waals surface area contributed by atoms with Gasteiger partial charge in [-0.15, -0.1) is 0 Å². The molecule has 0 spiro atoms. The van der Waals surface area contributed by atoms with Crippen molar-refractivity contribution in [3.05, 3.63) is 36.0 Å². The van der Waals surface area contributed by atoms with E-state index in [4.69, 9.17) is 20.9 Å². The molecule has 0 bridgehead atoms. The number of benzene rings is 1. The van der Waals surface area contributed by atoms with Gasteiger partial charge in [0.1, 0.15) is 5.60 Å². The van der Waals surface area contributed by atoms with Crippen molar-refractivity contribution in [1.82, 2.24) is 0 Å². The summed E-state index contributed by atoms with van der Waals surface area (Å²) in [4.78, 5) is 7.07. The van der Waals surface area contributed by atoms with E-state index >= 15 is 0 Å². The zero-order valence-electron chi connectivity index (χ0n) is 16.7. The number of nitrogens with one attached hydrogen (secondary N) is 1. The van der Waals surface area contributed by atoms with Crippen LogP contribution in [0.15, 0.2) is 41.0 Å². The lowest BCUT2D eigenvalue weighted by Crippen LogP contribution is -2.44. The van der Waals surface area contributed by atoms with Crippen LogP contribution in [0.2, 0.25) is 0 Å². The van der Waals surface area contributed by atoms with Crippen LogP contribution in [0.1, 0.15) is 47.5 Å². The van der Waals surface area contributed by atoms with Crippen LogP contribution in [0.25, 0.3) is 0 Å². The van der Waals surface area contributed by atoms with Gasteiger partial charge in [0.2, 0.25) is 0 Å². The minimum Gasteiger partial charge on any atom is -0.397 e. The predicted octanol–water partition coefficient (Wildman–Crippen LogP) is 4.45. The van der Waals surface area contributed by atoms with Gasteiger partial charge in [0, 0.05) is 31.3 Å². The highest BCUT2D eigenvalue weighted by Gasteiger charge is 2.35. The summed E-state index contributed by atoms with van der Waals surface area (Å²) in [7, 11) is 0. The van der Waals surface area contributed by atoms with Crippen LogP contribution in [0.5, 0.6) is 0 Å². The van der Waals surface area contributed by atoms with Crippen molar-refractivity contribution in [1.29, 1.82) is 5.41 Å². The molecule has 1 aliphatic rings. The van der Waals surface area contributed by atoms with Gasteiger partial charge in [0.05, 0.1) is 22.8 Å². The highest BCUT2D eigenvalue weighted by atomic mass is 16.5. The van der Waals surface area contributed by atoms with E-state index in [-0.39, 0.29) is 0 Å². The smallest absolute Gasteiger partial charge is 0.112 e. The van der Waals surface area contributed by atoms with E-state index in [1.807, 2.05) is 19.1 Å². The average molecular weight is 357 g/mol. The Morgan fingerprint density at radius 1 is 1.27 bits per heavy atom. The topological polar surface area (TPSA) is 74.7 Å². The van der Waals surface area contributed by atoms with Gasteiger partial charge in [-0.05, 0) is 64.5 Å². The van der Waals surface area contributed by atoms with Gasteiger partial charge < -0.3 is 20.8 Å². The zero-order valence-corrected chi connectivity index (χ0v) is 16.7. The molecular formula is C21H32N4O. The maximum atomic E-state index is 8.22. The van der Waals surface area contributed by atoms with Crippen molar-refractivity contribution in [2.75, 3.05) is 18.1 Å². The third-order valence-corrected chi connectivity index (χ3v) is 4.74. The third kappa shape index (κ3) is 4.52. The van der Waals surface area contributed by atoms with Crippen LogP contribution < -0.4 is 10.6 Å². The van der Waals surface area contributed by atoms with E-state index < -0.39 is 5.60 Å². The number of aliphatic imine (C=N–C) groups is 1. The predicted molar refractivity (Wildman–Crippen MR) is 111 cm³/mol. The molecule has 0 fully saturated rings. The van der Waals surface area contributed by atoms with E-state index in [2.05, 4.69) is 44.7 Å². The Morgan fingerprint density at radius 2 is 1.92 bits per heavy atom. The molecule has 5 heteroatoms. The number of hydrogen-bond donors (Lipinski definition) is 2. The summed E-state index contributed by atoms with van der Waals surface area (Å²) in [5.74, 6) is 0. The Morgan fingerprint density at radius 3 is 2.46 bits per heavy atom. The molecule has 0 aliphatic heterocycles. The van der Waals surface area contributed by atoms with Gasteiger partial charge in [-0.2, -0.15) is 0 Å². The molecule has 1 atom stereocenters. The number of nitrogens with zero attached hydrogens (tertiary/aromatic N) is 2. The molecule has 0 heterocycles. The first-order valence-electron chi connectivity index (χ1n) is 9.45. The molecule has 0 amide bonds. The van der Waals surface area contributed by atoms with Gasteiger partial charge in [0.25, 0.3) is 0 Å². The summed E-state index contributed by atoms with van der Waals surface area (Å²) in [6.45, 7) is 12.1. The quantitative estimate of drug-likeness (QED) is 0.758. The number of hydrogen-bond acceptors (Lipinski definition) is 5. The summed E-state index contributed by atoms with van der Waals surface area (Å²) >= 11 is 0. The first-order chi connectivity index (χ1) is 12.3. The molecule has 3 N–H and O–H groups in total. The molecule has 1 unspecified atom stereocenters. The molecule has 1 aliphatic carbocycles. The van der Waals surface area contributed by atoms with E-state index in [1.165, 1.54) is 5.69 Å². The number of rotatable bonds is 7. The van der Waals surface area contributed by atoms with Crippen molar-refractivity contribution in [3.8, 4) is 0 Å². The molecule has 142 valence electrons. The van der Waals surface area contributed by atoms with Crippen LogP contribution in [0, 0.1) is 5.41 Å². The Labute approximate surface area is 157 Å². The van der Waals surface area contributed by atoms with Gasteiger partial charge in [-0.3, -0.25) is 4.99 Å². The zero-order chi connectivity index (χ0) is 19.3. The largest absolute Gasteiger partial charge is 0.397 e. The van der Waals surface area contributed by atoms with Crippen LogP contribution in [-0.4, -0.2) is 36.2 Å².